The van der Waals surface area contributed by atoms with E-state index in [1.54, 1.807) is 6.08 Å². The lowest BCUT2D eigenvalue weighted by Gasteiger charge is -2.13. The van der Waals surface area contributed by atoms with Crippen molar-refractivity contribution in [2.75, 3.05) is 5.32 Å². The van der Waals surface area contributed by atoms with Gasteiger partial charge in [-0.15, -0.1) is 16.8 Å². The first kappa shape index (κ1) is 19.9. The molecule has 0 spiro atoms. The monoisotopic (exact) mass is 392 g/mol. The summed E-state index contributed by atoms with van der Waals surface area (Å²) in [5.74, 6) is 0.703. The zero-order valence-electron chi connectivity index (χ0n) is 16.1. The van der Waals surface area contributed by atoms with E-state index in [1.807, 2.05) is 66.1 Å². The molecule has 0 saturated heterocycles. The second-order valence-electron chi connectivity index (χ2n) is 6.37. The molecule has 28 heavy (non-hydrogen) atoms. The number of benzene rings is 2. The van der Waals surface area contributed by atoms with Crippen LogP contribution in [0.3, 0.4) is 0 Å². The zero-order chi connectivity index (χ0) is 19.9. The minimum absolute atomic E-state index is 0.0661. The van der Waals surface area contributed by atoms with E-state index in [-0.39, 0.29) is 11.2 Å². The van der Waals surface area contributed by atoms with Crippen molar-refractivity contribution in [3.63, 3.8) is 0 Å². The van der Waals surface area contributed by atoms with Crippen molar-refractivity contribution in [3.8, 4) is 11.4 Å². The van der Waals surface area contributed by atoms with Crippen LogP contribution in [0.25, 0.3) is 11.4 Å². The number of aromatic nitrogens is 3. The number of thioether (sulfide) groups is 1. The van der Waals surface area contributed by atoms with Crippen LogP contribution in [0.2, 0.25) is 0 Å². The summed E-state index contributed by atoms with van der Waals surface area (Å²) in [5, 5.41) is 12.0. The number of amides is 1. The van der Waals surface area contributed by atoms with Gasteiger partial charge in [0.25, 0.3) is 0 Å². The first-order valence-corrected chi connectivity index (χ1v) is 10.2. The minimum Gasteiger partial charge on any atom is -0.325 e. The molecule has 0 aliphatic carbocycles. The maximum atomic E-state index is 12.6. The second kappa shape index (κ2) is 9.37. The van der Waals surface area contributed by atoms with Crippen LogP contribution in [0.4, 0.5) is 5.69 Å². The van der Waals surface area contributed by atoms with Crippen LogP contribution in [0, 0.1) is 0 Å². The molecule has 0 radical (unpaired) electrons. The standard InChI is InChI=1S/C22H24N4OS/c1-4-15-26-20(18-9-7-6-8-10-18)24-25-22(26)28-16(3)21(27)23-19-13-11-17(5-2)12-14-19/h4,6-14,16H,1,5,15H2,2-3H3,(H,23,27)/t16-/m1/s1. The van der Waals surface area contributed by atoms with Crippen molar-refractivity contribution in [1.29, 1.82) is 0 Å². The highest BCUT2D eigenvalue weighted by molar-refractivity contribution is 8.00. The van der Waals surface area contributed by atoms with Crippen LogP contribution in [0.1, 0.15) is 19.4 Å². The molecule has 5 nitrogen and oxygen atoms in total. The fourth-order valence-electron chi connectivity index (χ4n) is 2.75. The lowest BCUT2D eigenvalue weighted by Crippen LogP contribution is -2.23. The molecule has 2 aromatic carbocycles. The topological polar surface area (TPSA) is 59.8 Å². The summed E-state index contributed by atoms with van der Waals surface area (Å²) in [7, 11) is 0. The van der Waals surface area contributed by atoms with Gasteiger partial charge in [0.1, 0.15) is 0 Å². The molecule has 6 heteroatoms. The number of rotatable bonds is 8. The van der Waals surface area contributed by atoms with Crippen LogP contribution in [-0.4, -0.2) is 25.9 Å². The fraction of sp³-hybridized carbons (Fsp3) is 0.227. The first-order valence-electron chi connectivity index (χ1n) is 9.28. The van der Waals surface area contributed by atoms with Crippen LogP contribution < -0.4 is 5.32 Å². The van der Waals surface area contributed by atoms with Gasteiger partial charge in [0.05, 0.1) is 5.25 Å². The third-order valence-electron chi connectivity index (χ3n) is 4.34. The third kappa shape index (κ3) is 4.70. The molecule has 3 aromatic rings. The Balaban J connectivity index is 1.73. The first-order chi connectivity index (χ1) is 13.6. The summed E-state index contributed by atoms with van der Waals surface area (Å²) in [6, 6.07) is 17.8. The summed E-state index contributed by atoms with van der Waals surface area (Å²) in [4.78, 5) is 12.6. The quantitative estimate of drug-likeness (QED) is 0.441. The molecule has 1 amide bonds. The fourth-order valence-corrected chi connectivity index (χ4v) is 3.61. The van der Waals surface area contributed by atoms with Gasteiger partial charge in [-0.3, -0.25) is 9.36 Å². The molecule has 0 unspecified atom stereocenters. The molecule has 0 aliphatic heterocycles. The zero-order valence-corrected chi connectivity index (χ0v) is 16.9. The molecule has 144 valence electrons. The number of hydrogen-bond acceptors (Lipinski definition) is 4. The van der Waals surface area contributed by atoms with Gasteiger partial charge >= 0.3 is 0 Å². The average molecular weight is 393 g/mol. The Bertz CT molecular complexity index is 935. The number of aryl methyl sites for hydroxylation is 1. The highest BCUT2D eigenvalue weighted by Crippen LogP contribution is 2.27. The van der Waals surface area contributed by atoms with Crippen LogP contribution in [0.15, 0.2) is 72.4 Å². The number of nitrogens with one attached hydrogen (secondary N) is 1. The summed E-state index contributed by atoms with van der Waals surface area (Å²) in [6.07, 6.45) is 2.78. The minimum atomic E-state index is -0.317. The number of carbonyl (C=O) groups is 1. The van der Waals surface area contributed by atoms with E-state index in [2.05, 4.69) is 29.0 Å². The van der Waals surface area contributed by atoms with Gasteiger partial charge in [0.15, 0.2) is 11.0 Å². The molecular formula is C22H24N4OS. The maximum Gasteiger partial charge on any atom is 0.237 e. The molecule has 0 bridgehead atoms. The molecule has 0 saturated carbocycles. The summed E-state index contributed by atoms with van der Waals surface area (Å²) >= 11 is 1.39. The van der Waals surface area contributed by atoms with Crippen molar-refractivity contribution in [3.05, 3.63) is 72.8 Å². The molecule has 3 rings (SSSR count). The van der Waals surface area contributed by atoms with Crippen LogP contribution in [-0.2, 0) is 17.8 Å². The Morgan fingerprint density at radius 3 is 2.54 bits per heavy atom. The van der Waals surface area contributed by atoms with E-state index in [9.17, 15) is 4.79 Å². The predicted molar refractivity (Wildman–Crippen MR) is 115 cm³/mol. The third-order valence-corrected chi connectivity index (χ3v) is 5.42. The number of anilines is 1. The van der Waals surface area contributed by atoms with E-state index < -0.39 is 0 Å². The number of allylic oxidation sites excluding steroid dienone is 1. The number of hydrogen-bond donors (Lipinski definition) is 1. The second-order valence-corrected chi connectivity index (χ2v) is 7.68. The largest absolute Gasteiger partial charge is 0.325 e. The molecular weight excluding hydrogens is 368 g/mol. The van der Waals surface area contributed by atoms with E-state index in [0.717, 1.165) is 23.5 Å². The molecule has 1 heterocycles. The van der Waals surface area contributed by atoms with Gasteiger partial charge in [-0.1, -0.05) is 67.2 Å². The average Bonchev–Trinajstić information content (AvgIpc) is 3.11. The SMILES string of the molecule is C=CCn1c(S[C@H](C)C(=O)Nc2ccc(CC)cc2)nnc1-c1ccccc1. The van der Waals surface area contributed by atoms with Crippen LogP contribution >= 0.6 is 11.8 Å². The van der Waals surface area contributed by atoms with Gasteiger partial charge in [-0.05, 0) is 31.0 Å². The highest BCUT2D eigenvalue weighted by Gasteiger charge is 2.20. The molecule has 1 atom stereocenters. The highest BCUT2D eigenvalue weighted by atomic mass is 32.2. The Labute approximate surface area is 169 Å². The van der Waals surface area contributed by atoms with Crippen molar-refractivity contribution in [2.45, 2.75) is 37.2 Å². The summed E-state index contributed by atoms with van der Waals surface area (Å²) < 4.78 is 1.98. The predicted octanol–water partition coefficient (Wildman–Crippen LogP) is 4.81. The molecule has 1 N–H and O–H groups in total. The van der Waals surface area contributed by atoms with Gasteiger partial charge < -0.3 is 5.32 Å². The smallest absolute Gasteiger partial charge is 0.237 e. The molecule has 1 aromatic heterocycles. The molecule has 0 aliphatic rings. The van der Waals surface area contributed by atoms with E-state index >= 15 is 0 Å². The Kier molecular flexibility index (Phi) is 6.66. The normalized spacial score (nSPS) is 11.8. The van der Waals surface area contributed by atoms with E-state index in [1.165, 1.54) is 17.3 Å². The Morgan fingerprint density at radius 1 is 1.18 bits per heavy atom. The van der Waals surface area contributed by atoms with Gasteiger partial charge in [-0.25, -0.2) is 0 Å². The lowest BCUT2D eigenvalue weighted by atomic mass is 10.1. The van der Waals surface area contributed by atoms with E-state index in [4.69, 9.17) is 0 Å². The number of nitrogens with zero attached hydrogens (tertiary/aromatic N) is 3. The van der Waals surface area contributed by atoms with Gasteiger partial charge in [0.2, 0.25) is 5.91 Å². The van der Waals surface area contributed by atoms with Crippen molar-refractivity contribution in [2.24, 2.45) is 0 Å². The van der Waals surface area contributed by atoms with Gasteiger partial charge in [0, 0.05) is 17.8 Å². The van der Waals surface area contributed by atoms with E-state index in [0.29, 0.717) is 11.7 Å². The van der Waals surface area contributed by atoms with Gasteiger partial charge in [-0.2, -0.15) is 0 Å². The van der Waals surface area contributed by atoms with Crippen molar-refractivity contribution < 1.29 is 4.79 Å². The van der Waals surface area contributed by atoms with Crippen molar-refractivity contribution >= 4 is 23.4 Å². The number of carbonyl (C=O) groups excluding carboxylic acids is 1. The summed E-state index contributed by atoms with van der Waals surface area (Å²) in [6.45, 7) is 8.38. The Hall–Kier alpha value is -2.86. The van der Waals surface area contributed by atoms with Crippen molar-refractivity contribution in [1.82, 2.24) is 14.8 Å². The Morgan fingerprint density at radius 2 is 1.89 bits per heavy atom. The molecule has 0 fully saturated rings. The lowest BCUT2D eigenvalue weighted by molar-refractivity contribution is -0.115. The van der Waals surface area contributed by atoms with Crippen LogP contribution in [0.5, 0.6) is 0 Å². The summed E-state index contributed by atoms with van der Waals surface area (Å²) in [5.41, 5.74) is 3.02. The maximum absolute atomic E-state index is 12.6.